The lowest BCUT2D eigenvalue weighted by Crippen LogP contribution is -2.42. The zero-order valence-electron chi connectivity index (χ0n) is 15.2. The quantitative estimate of drug-likeness (QED) is 0.293. The molecule has 1 aromatic heterocycles. The number of hydrogen-bond donors (Lipinski definition) is 2. The van der Waals surface area contributed by atoms with Gasteiger partial charge in [-0.05, 0) is 39.0 Å². The lowest BCUT2D eigenvalue weighted by atomic mass is 10.2. The highest BCUT2D eigenvalue weighted by Gasteiger charge is 2.17. The van der Waals surface area contributed by atoms with Crippen molar-refractivity contribution in [1.82, 2.24) is 25.0 Å². The molecule has 3 rings (SSSR count). The third-order valence-electron chi connectivity index (χ3n) is 4.87. The molecule has 1 aliphatic heterocycles. The van der Waals surface area contributed by atoms with E-state index in [0.29, 0.717) is 19.1 Å². The molecule has 2 heterocycles. The Labute approximate surface area is 166 Å². The Bertz CT molecular complexity index is 617. The summed E-state index contributed by atoms with van der Waals surface area (Å²) in [6.07, 6.45) is 9.07. The van der Waals surface area contributed by atoms with Gasteiger partial charge >= 0.3 is 5.69 Å². The van der Waals surface area contributed by atoms with E-state index < -0.39 is 0 Å². The molecule has 2 aliphatic rings. The summed E-state index contributed by atoms with van der Waals surface area (Å²) in [4.78, 5) is 16.9. The fourth-order valence-corrected chi connectivity index (χ4v) is 3.59. The predicted molar refractivity (Wildman–Crippen MR) is 111 cm³/mol. The van der Waals surface area contributed by atoms with Gasteiger partial charge in [0.1, 0.15) is 5.82 Å². The maximum atomic E-state index is 12.3. The molecule has 0 amide bonds. The van der Waals surface area contributed by atoms with Crippen LogP contribution < -0.4 is 16.3 Å². The van der Waals surface area contributed by atoms with Gasteiger partial charge in [-0.2, -0.15) is 5.10 Å². The Hall–Kier alpha value is -1.06. The van der Waals surface area contributed by atoms with Crippen molar-refractivity contribution in [3.05, 3.63) is 16.3 Å². The monoisotopic (exact) mass is 462 g/mol. The SMILES string of the molecule is CCNC(=NCCCn1nc2n(c1=O)CCCC2)NC1CCCC1.I. The Morgan fingerprint density at radius 3 is 2.80 bits per heavy atom. The number of fused-ring (bicyclic) bond motifs is 1. The van der Waals surface area contributed by atoms with Gasteiger partial charge in [0.2, 0.25) is 0 Å². The molecule has 25 heavy (non-hydrogen) atoms. The molecule has 0 radical (unpaired) electrons. The van der Waals surface area contributed by atoms with Crippen molar-refractivity contribution >= 4 is 29.9 Å². The summed E-state index contributed by atoms with van der Waals surface area (Å²) in [7, 11) is 0. The van der Waals surface area contributed by atoms with Crippen LogP contribution in [0.5, 0.6) is 0 Å². The Morgan fingerprint density at radius 2 is 2.08 bits per heavy atom. The highest BCUT2D eigenvalue weighted by atomic mass is 127. The van der Waals surface area contributed by atoms with Crippen LogP contribution in [-0.4, -0.2) is 39.4 Å². The van der Waals surface area contributed by atoms with Gasteiger partial charge in [0.15, 0.2) is 5.96 Å². The highest BCUT2D eigenvalue weighted by Crippen LogP contribution is 2.17. The first-order chi connectivity index (χ1) is 11.8. The lowest BCUT2D eigenvalue weighted by molar-refractivity contribution is 0.509. The van der Waals surface area contributed by atoms with Crippen molar-refractivity contribution < 1.29 is 0 Å². The first-order valence-corrected chi connectivity index (χ1v) is 9.49. The number of nitrogens with one attached hydrogen (secondary N) is 2. The van der Waals surface area contributed by atoms with Crippen LogP contribution in [0.2, 0.25) is 0 Å². The van der Waals surface area contributed by atoms with E-state index in [9.17, 15) is 4.79 Å². The van der Waals surface area contributed by atoms with E-state index in [1.807, 2.05) is 4.57 Å². The number of aryl methyl sites for hydroxylation is 2. The van der Waals surface area contributed by atoms with E-state index in [1.54, 1.807) is 4.68 Å². The van der Waals surface area contributed by atoms with Gasteiger partial charge in [-0.25, -0.2) is 9.48 Å². The fraction of sp³-hybridized carbons (Fsp3) is 0.824. The molecule has 8 heteroatoms. The summed E-state index contributed by atoms with van der Waals surface area (Å²) >= 11 is 0. The Balaban J connectivity index is 0.00000225. The van der Waals surface area contributed by atoms with Crippen LogP contribution in [-0.2, 0) is 19.5 Å². The van der Waals surface area contributed by atoms with E-state index in [1.165, 1.54) is 25.7 Å². The van der Waals surface area contributed by atoms with E-state index in [-0.39, 0.29) is 29.7 Å². The number of guanidine groups is 1. The smallest absolute Gasteiger partial charge is 0.345 e. The van der Waals surface area contributed by atoms with Crippen LogP contribution in [0.25, 0.3) is 0 Å². The maximum absolute atomic E-state index is 12.3. The molecule has 142 valence electrons. The van der Waals surface area contributed by atoms with Gasteiger partial charge in [-0.3, -0.25) is 9.56 Å². The van der Waals surface area contributed by atoms with Crippen molar-refractivity contribution in [2.75, 3.05) is 13.1 Å². The van der Waals surface area contributed by atoms with Crippen molar-refractivity contribution in [3.8, 4) is 0 Å². The van der Waals surface area contributed by atoms with Crippen molar-refractivity contribution in [2.24, 2.45) is 4.99 Å². The largest absolute Gasteiger partial charge is 0.357 e. The minimum atomic E-state index is 0. The first kappa shape index (κ1) is 20.3. The molecule has 0 aromatic carbocycles. The number of hydrogen-bond acceptors (Lipinski definition) is 3. The second kappa shape index (κ2) is 10.2. The van der Waals surface area contributed by atoms with E-state index in [4.69, 9.17) is 0 Å². The van der Waals surface area contributed by atoms with Crippen LogP contribution in [0.15, 0.2) is 9.79 Å². The summed E-state index contributed by atoms with van der Waals surface area (Å²) in [5.41, 5.74) is 0.0460. The lowest BCUT2D eigenvalue weighted by Gasteiger charge is -2.16. The van der Waals surface area contributed by atoms with Crippen LogP contribution in [0, 0.1) is 0 Å². The molecule has 0 saturated heterocycles. The van der Waals surface area contributed by atoms with Crippen molar-refractivity contribution in [1.29, 1.82) is 0 Å². The predicted octanol–water partition coefficient (Wildman–Crippen LogP) is 1.89. The zero-order valence-corrected chi connectivity index (χ0v) is 17.5. The van der Waals surface area contributed by atoms with Crippen LogP contribution in [0.1, 0.15) is 57.7 Å². The van der Waals surface area contributed by atoms with Gasteiger partial charge in [0, 0.05) is 38.6 Å². The molecule has 1 aromatic rings. The molecule has 7 nitrogen and oxygen atoms in total. The summed E-state index contributed by atoms with van der Waals surface area (Å²) in [6.45, 7) is 5.12. The average molecular weight is 462 g/mol. The molecule has 0 bridgehead atoms. The highest BCUT2D eigenvalue weighted by molar-refractivity contribution is 14.0. The van der Waals surface area contributed by atoms with Gasteiger partial charge in [-0.1, -0.05) is 12.8 Å². The molecular formula is C17H31IN6O. The summed E-state index contributed by atoms with van der Waals surface area (Å²) in [5.74, 6) is 1.85. The van der Waals surface area contributed by atoms with Gasteiger partial charge < -0.3 is 10.6 Å². The first-order valence-electron chi connectivity index (χ1n) is 9.49. The average Bonchev–Trinajstić information content (AvgIpc) is 3.20. The summed E-state index contributed by atoms with van der Waals surface area (Å²) < 4.78 is 3.45. The molecule has 1 fully saturated rings. The molecular weight excluding hydrogens is 431 g/mol. The third-order valence-corrected chi connectivity index (χ3v) is 4.87. The Kier molecular flexibility index (Phi) is 8.25. The van der Waals surface area contributed by atoms with Gasteiger partial charge in [-0.15, -0.1) is 24.0 Å². The molecule has 1 aliphatic carbocycles. The Morgan fingerprint density at radius 1 is 1.28 bits per heavy atom. The van der Waals surface area contributed by atoms with Crippen molar-refractivity contribution in [2.45, 2.75) is 77.4 Å². The van der Waals surface area contributed by atoms with E-state index in [2.05, 4.69) is 27.6 Å². The number of nitrogens with zero attached hydrogens (tertiary/aromatic N) is 4. The number of aromatic nitrogens is 3. The standard InChI is InChI=1S/C17H30N6O.HI/c1-2-18-16(20-14-8-3-4-9-14)19-11-7-13-23-17(24)22-12-6-5-10-15(22)21-23;/h14H,2-13H2,1H3,(H2,18,19,20);1H. The summed E-state index contributed by atoms with van der Waals surface area (Å²) in [5, 5.41) is 11.3. The maximum Gasteiger partial charge on any atom is 0.345 e. The number of rotatable bonds is 6. The minimum absolute atomic E-state index is 0. The summed E-state index contributed by atoms with van der Waals surface area (Å²) in [6, 6.07) is 0.560. The minimum Gasteiger partial charge on any atom is -0.357 e. The zero-order chi connectivity index (χ0) is 16.8. The third kappa shape index (κ3) is 5.46. The van der Waals surface area contributed by atoms with E-state index >= 15 is 0 Å². The molecule has 0 atom stereocenters. The molecule has 0 unspecified atom stereocenters. The fourth-order valence-electron chi connectivity index (χ4n) is 3.59. The number of halogens is 1. The van der Waals surface area contributed by atoms with Gasteiger partial charge in [0.05, 0.1) is 0 Å². The normalized spacial score (nSPS) is 17.9. The van der Waals surface area contributed by atoms with Crippen LogP contribution in [0.3, 0.4) is 0 Å². The molecule has 2 N–H and O–H groups in total. The second-order valence-corrected chi connectivity index (χ2v) is 6.77. The second-order valence-electron chi connectivity index (χ2n) is 6.77. The van der Waals surface area contributed by atoms with Crippen LogP contribution in [0.4, 0.5) is 0 Å². The number of aliphatic imine (C=N–C) groups is 1. The van der Waals surface area contributed by atoms with Gasteiger partial charge in [0.25, 0.3) is 0 Å². The van der Waals surface area contributed by atoms with Crippen LogP contribution >= 0.6 is 24.0 Å². The molecule has 1 saturated carbocycles. The molecule has 0 spiro atoms. The van der Waals surface area contributed by atoms with E-state index in [0.717, 1.165) is 50.6 Å². The van der Waals surface area contributed by atoms with Crippen molar-refractivity contribution in [3.63, 3.8) is 0 Å². The topological polar surface area (TPSA) is 76.2 Å².